The zero-order valence-corrected chi connectivity index (χ0v) is 16.6. The van der Waals surface area contributed by atoms with Crippen molar-refractivity contribution in [3.05, 3.63) is 21.4 Å². The largest absolute Gasteiger partial charge is 0.356 e. The highest BCUT2D eigenvalue weighted by molar-refractivity contribution is 7.88. The number of Topliss-reactive ketones (excluding diaryl/α,β-unsaturated/α-hetero) is 1. The Bertz CT molecular complexity index is 732. The second-order valence-electron chi connectivity index (χ2n) is 6.66. The van der Waals surface area contributed by atoms with Crippen LogP contribution < -0.4 is 5.32 Å². The summed E-state index contributed by atoms with van der Waals surface area (Å²) >= 11 is 1.59. The molecule has 25 heavy (non-hydrogen) atoms. The molecule has 0 aromatic carbocycles. The van der Waals surface area contributed by atoms with E-state index in [4.69, 9.17) is 0 Å². The number of sulfonamides is 1. The number of aryl methyl sites for hydroxylation is 2. The van der Waals surface area contributed by atoms with Crippen molar-refractivity contribution >= 4 is 33.1 Å². The van der Waals surface area contributed by atoms with Crippen LogP contribution in [0, 0.1) is 19.8 Å². The van der Waals surface area contributed by atoms with Crippen LogP contribution in [-0.4, -0.2) is 50.3 Å². The van der Waals surface area contributed by atoms with Crippen LogP contribution in [0.3, 0.4) is 0 Å². The number of amides is 1. The molecule has 0 bridgehead atoms. The molecule has 0 radical (unpaired) electrons. The van der Waals surface area contributed by atoms with Crippen molar-refractivity contribution in [3.63, 3.8) is 0 Å². The number of rotatable bonds is 7. The highest BCUT2D eigenvalue weighted by atomic mass is 32.2. The minimum absolute atomic E-state index is 0.0125. The van der Waals surface area contributed by atoms with Gasteiger partial charge in [0, 0.05) is 47.8 Å². The van der Waals surface area contributed by atoms with Crippen molar-refractivity contribution in [2.45, 2.75) is 39.5 Å². The summed E-state index contributed by atoms with van der Waals surface area (Å²) in [6.45, 7) is 5.45. The van der Waals surface area contributed by atoms with E-state index in [0.29, 0.717) is 25.6 Å². The third-order valence-corrected chi connectivity index (χ3v) is 6.82. The van der Waals surface area contributed by atoms with E-state index in [2.05, 4.69) is 5.32 Å². The quantitative estimate of drug-likeness (QED) is 0.728. The lowest BCUT2D eigenvalue weighted by atomic mass is 9.98. The van der Waals surface area contributed by atoms with Crippen LogP contribution >= 0.6 is 11.3 Å². The second-order valence-corrected chi connectivity index (χ2v) is 10.1. The lowest BCUT2D eigenvalue weighted by molar-refractivity contribution is -0.121. The Labute approximate surface area is 153 Å². The summed E-state index contributed by atoms with van der Waals surface area (Å²) < 4.78 is 24.4. The molecule has 140 valence electrons. The summed E-state index contributed by atoms with van der Waals surface area (Å²) in [6, 6.07) is 1.88. The summed E-state index contributed by atoms with van der Waals surface area (Å²) in [5.74, 6) is 0.182. The lowest BCUT2D eigenvalue weighted by Gasteiger charge is -2.30. The highest BCUT2D eigenvalue weighted by Crippen LogP contribution is 2.22. The Morgan fingerprint density at radius 3 is 2.40 bits per heavy atom. The predicted molar refractivity (Wildman–Crippen MR) is 99.5 cm³/mol. The van der Waals surface area contributed by atoms with Gasteiger partial charge in [-0.2, -0.15) is 0 Å². The topological polar surface area (TPSA) is 83.6 Å². The molecule has 1 saturated heterocycles. The van der Waals surface area contributed by atoms with Gasteiger partial charge in [0.1, 0.15) is 0 Å². The lowest BCUT2D eigenvalue weighted by Crippen LogP contribution is -2.41. The Kier molecular flexibility index (Phi) is 6.76. The molecule has 1 aromatic rings. The van der Waals surface area contributed by atoms with Gasteiger partial charge in [-0.1, -0.05) is 0 Å². The van der Waals surface area contributed by atoms with Crippen LogP contribution in [-0.2, 0) is 14.8 Å². The zero-order chi connectivity index (χ0) is 18.6. The second kappa shape index (κ2) is 8.42. The van der Waals surface area contributed by atoms with Crippen LogP contribution in [0.4, 0.5) is 0 Å². The first-order chi connectivity index (χ1) is 11.7. The molecule has 1 aliphatic rings. The first-order valence-electron chi connectivity index (χ1n) is 8.49. The van der Waals surface area contributed by atoms with Gasteiger partial charge in [0.25, 0.3) is 0 Å². The number of hydrogen-bond acceptors (Lipinski definition) is 5. The molecule has 1 aromatic heterocycles. The van der Waals surface area contributed by atoms with E-state index in [9.17, 15) is 18.0 Å². The molecule has 8 heteroatoms. The van der Waals surface area contributed by atoms with Gasteiger partial charge < -0.3 is 5.32 Å². The summed E-state index contributed by atoms with van der Waals surface area (Å²) in [7, 11) is -3.12. The molecular formula is C17H26N2O4S2. The number of hydrogen-bond donors (Lipinski definition) is 1. The maximum atomic E-state index is 12.2. The minimum Gasteiger partial charge on any atom is -0.356 e. The van der Waals surface area contributed by atoms with E-state index in [1.54, 1.807) is 11.3 Å². The fourth-order valence-corrected chi connectivity index (χ4v) is 4.88. The van der Waals surface area contributed by atoms with Crippen molar-refractivity contribution in [2.75, 3.05) is 25.9 Å². The van der Waals surface area contributed by atoms with Crippen LogP contribution in [0.2, 0.25) is 0 Å². The van der Waals surface area contributed by atoms with Gasteiger partial charge in [-0.15, -0.1) is 11.3 Å². The predicted octanol–water partition coefficient (Wildman–Crippen LogP) is 2.12. The molecule has 6 nitrogen and oxygen atoms in total. The Balaban J connectivity index is 1.69. The first kappa shape index (κ1) is 20.1. The number of carbonyl (C=O) groups is 2. The van der Waals surface area contributed by atoms with Gasteiger partial charge >= 0.3 is 0 Å². The van der Waals surface area contributed by atoms with E-state index >= 15 is 0 Å². The Morgan fingerprint density at radius 2 is 1.88 bits per heavy atom. The average Bonchev–Trinajstić information content (AvgIpc) is 2.88. The molecule has 1 N–H and O–H groups in total. The number of nitrogens with one attached hydrogen (secondary N) is 1. The van der Waals surface area contributed by atoms with Crippen LogP contribution in [0.15, 0.2) is 6.07 Å². The van der Waals surface area contributed by atoms with E-state index in [1.165, 1.54) is 10.6 Å². The molecule has 0 unspecified atom stereocenters. The van der Waals surface area contributed by atoms with Gasteiger partial charge in [-0.3, -0.25) is 9.59 Å². The molecule has 1 amide bonds. The van der Waals surface area contributed by atoms with Crippen molar-refractivity contribution in [1.29, 1.82) is 0 Å². The van der Waals surface area contributed by atoms with Gasteiger partial charge in [-0.05, 0) is 38.7 Å². The monoisotopic (exact) mass is 386 g/mol. The third kappa shape index (κ3) is 5.90. The summed E-state index contributed by atoms with van der Waals surface area (Å²) in [5.41, 5.74) is 0.725. The summed E-state index contributed by atoms with van der Waals surface area (Å²) in [6.07, 6.45) is 3.13. The number of nitrogens with zero attached hydrogens (tertiary/aromatic N) is 1. The highest BCUT2D eigenvalue weighted by Gasteiger charge is 2.25. The molecule has 2 heterocycles. The molecule has 1 aliphatic heterocycles. The smallest absolute Gasteiger partial charge is 0.220 e. The number of thiophene rings is 1. The SMILES string of the molecule is Cc1cc(C(=O)CCC(=O)NCC2CCN(S(C)(=O)=O)CC2)c(C)s1. The normalized spacial score (nSPS) is 16.8. The van der Waals surface area contributed by atoms with Crippen molar-refractivity contribution in [2.24, 2.45) is 5.92 Å². The van der Waals surface area contributed by atoms with Gasteiger partial charge in [0.15, 0.2) is 5.78 Å². The Morgan fingerprint density at radius 1 is 1.24 bits per heavy atom. The Hall–Kier alpha value is -1.25. The van der Waals surface area contributed by atoms with Gasteiger partial charge in [0.05, 0.1) is 6.26 Å². The third-order valence-electron chi connectivity index (χ3n) is 4.55. The molecule has 1 fully saturated rings. The average molecular weight is 387 g/mol. The van der Waals surface area contributed by atoms with Crippen molar-refractivity contribution < 1.29 is 18.0 Å². The van der Waals surface area contributed by atoms with E-state index in [1.807, 2.05) is 19.9 Å². The maximum Gasteiger partial charge on any atom is 0.220 e. The molecule has 0 atom stereocenters. The van der Waals surface area contributed by atoms with E-state index in [0.717, 1.165) is 28.2 Å². The fourth-order valence-electron chi connectivity index (χ4n) is 3.06. The summed E-state index contributed by atoms with van der Waals surface area (Å²) in [5, 5.41) is 2.88. The minimum atomic E-state index is -3.12. The van der Waals surface area contributed by atoms with Gasteiger partial charge in [-0.25, -0.2) is 12.7 Å². The van der Waals surface area contributed by atoms with Crippen molar-refractivity contribution in [1.82, 2.24) is 9.62 Å². The van der Waals surface area contributed by atoms with Gasteiger partial charge in [0.2, 0.25) is 15.9 Å². The molecule has 0 saturated carbocycles. The van der Waals surface area contributed by atoms with Crippen molar-refractivity contribution in [3.8, 4) is 0 Å². The van der Waals surface area contributed by atoms with Crippen LogP contribution in [0.5, 0.6) is 0 Å². The maximum absolute atomic E-state index is 12.2. The standard InChI is InChI=1S/C17H26N2O4S2/c1-12-10-15(13(2)24-12)16(20)4-5-17(21)18-11-14-6-8-19(9-7-14)25(3,22)23/h10,14H,4-9,11H2,1-3H3,(H,18,21). The molecule has 2 rings (SSSR count). The van der Waals surface area contributed by atoms with Crippen LogP contribution in [0.1, 0.15) is 45.8 Å². The number of piperidine rings is 1. The molecule has 0 spiro atoms. The summed E-state index contributed by atoms with van der Waals surface area (Å²) in [4.78, 5) is 26.3. The first-order valence-corrected chi connectivity index (χ1v) is 11.2. The number of carbonyl (C=O) groups excluding carboxylic acids is 2. The van der Waals surface area contributed by atoms with E-state index < -0.39 is 10.0 Å². The number of ketones is 1. The fraction of sp³-hybridized carbons (Fsp3) is 0.647. The van der Waals surface area contributed by atoms with Crippen LogP contribution in [0.25, 0.3) is 0 Å². The molecular weight excluding hydrogens is 360 g/mol. The molecule has 0 aliphatic carbocycles. The van der Waals surface area contributed by atoms with E-state index in [-0.39, 0.29) is 24.5 Å². The zero-order valence-electron chi connectivity index (χ0n) is 15.0.